The Morgan fingerprint density at radius 3 is 2.41 bits per heavy atom. The van der Waals surface area contributed by atoms with E-state index in [1.807, 2.05) is 0 Å². The molecule has 176 valence electrons. The minimum atomic E-state index is -4.18. The van der Waals surface area contributed by atoms with Crippen LogP contribution in [0, 0.1) is 12.8 Å². The SMILES string of the molecule is Cc1oc2ccc(OC3CCC(C(F)(F)F)CC3)cc2c1C(=O)[N+](C)(C)C(CO)C(N)=O. The molecule has 0 spiro atoms. The first-order chi connectivity index (χ1) is 14.9. The number of aliphatic hydroxyl groups is 1. The molecule has 0 radical (unpaired) electrons. The summed E-state index contributed by atoms with van der Waals surface area (Å²) in [6, 6.07) is 3.76. The second-order valence-corrected chi connectivity index (χ2v) is 8.77. The summed E-state index contributed by atoms with van der Waals surface area (Å²) in [6.07, 6.45) is -3.91. The minimum Gasteiger partial charge on any atom is -0.490 e. The van der Waals surface area contributed by atoms with Crippen LogP contribution in [0.1, 0.15) is 41.8 Å². The van der Waals surface area contributed by atoms with Gasteiger partial charge in [0.05, 0.1) is 26.1 Å². The number of ether oxygens (including phenoxy) is 1. The third-order valence-electron chi connectivity index (χ3n) is 6.29. The number of rotatable bonds is 6. The van der Waals surface area contributed by atoms with Gasteiger partial charge < -0.3 is 20.0 Å². The summed E-state index contributed by atoms with van der Waals surface area (Å²) in [7, 11) is 2.96. The second kappa shape index (κ2) is 8.74. The summed E-state index contributed by atoms with van der Waals surface area (Å²) in [5, 5.41) is 10.0. The molecule has 1 aliphatic carbocycles. The first-order valence-corrected chi connectivity index (χ1v) is 10.4. The molecule has 1 saturated carbocycles. The number of benzene rings is 1. The molecule has 0 aliphatic heterocycles. The number of hydrogen-bond donors (Lipinski definition) is 2. The third-order valence-corrected chi connectivity index (χ3v) is 6.29. The summed E-state index contributed by atoms with van der Waals surface area (Å²) in [5.41, 5.74) is 6.02. The molecule has 2 amide bonds. The molecule has 1 heterocycles. The Bertz CT molecular complexity index is 1010. The molecule has 1 unspecified atom stereocenters. The van der Waals surface area contributed by atoms with Gasteiger partial charge in [0.15, 0.2) is 6.04 Å². The highest BCUT2D eigenvalue weighted by Crippen LogP contribution is 2.39. The number of aliphatic hydroxyl groups excluding tert-OH is 1. The minimum absolute atomic E-state index is 0.0201. The van der Waals surface area contributed by atoms with Gasteiger partial charge in [-0.3, -0.25) is 4.79 Å². The number of furan rings is 1. The molecule has 1 atom stereocenters. The number of halogens is 3. The fourth-order valence-corrected chi connectivity index (χ4v) is 4.28. The average molecular weight is 457 g/mol. The van der Waals surface area contributed by atoms with E-state index in [0.717, 1.165) is 0 Å². The zero-order valence-electron chi connectivity index (χ0n) is 18.2. The van der Waals surface area contributed by atoms with Gasteiger partial charge in [-0.15, -0.1) is 0 Å². The van der Waals surface area contributed by atoms with Gasteiger partial charge in [-0.2, -0.15) is 13.2 Å². The summed E-state index contributed by atoms with van der Waals surface area (Å²) in [5.74, 6) is -1.83. The van der Waals surface area contributed by atoms with Crippen LogP contribution in [0.2, 0.25) is 0 Å². The molecule has 0 saturated heterocycles. The van der Waals surface area contributed by atoms with Gasteiger partial charge in [0.25, 0.3) is 5.91 Å². The Morgan fingerprint density at radius 2 is 1.88 bits per heavy atom. The van der Waals surface area contributed by atoms with E-state index in [1.54, 1.807) is 25.1 Å². The van der Waals surface area contributed by atoms with Crippen molar-refractivity contribution < 1.29 is 41.5 Å². The van der Waals surface area contributed by atoms with Crippen molar-refractivity contribution >= 4 is 22.8 Å². The molecule has 32 heavy (non-hydrogen) atoms. The molecule has 2 aromatic rings. The van der Waals surface area contributed by atoms with Crippen LogP contribution in [-0.2, 0) is 4.79 Å². The number of fused-ring (bicyclic) bond motifs is 1. The van der Waals surface area contributed by atoms with Gasteiger partial charge in [0.1, 0.15) is 29.3 Å². The Hall–Kier alpha value is -2.59. The Kier molecular flexibility index (Phi) is 6.57. The summed E-state index contributed by atoms with van der Waals surface area (Å²) in [6.45, 7) is 1.02. The standard InChI is InChI=1S/C22H27F3N2O5/c1-12-19(21(30)27(2,3)17(11-28)20(26)29)16-10-15(8-9-18(16)31-12)32-14-6-4-13(5-7-14)22(23,24)25/h8-10,13-14,17,28H,4-7,11H2,1-3H3,(H-,26,29)/p+1. The Morgan fingerprint density at radius 1 is 1.25 bits per heavy atom. The van der Waals surface area contributed by atoms with Crippen molar-refractivity contribution in [3.8, 4) is 5.75 Å². The molecule has 1 fully saturated rings. The normalized spacial score (nSPS) is 20.8. The Labute approximate surface area is 183 Å². The van der Waals surface area contributed by atoms with Crippen molar-refractivity contribution in [2.45, 2.75) is 50.9 Å². The number of alkyl halides is 3. The van der Waals surface area contributed by atoms with Gasteiger partial charge >= 0.3 is 12.1 Å². The van der Waals surface area contributed by atoms with E-state index < -0.39 is 41.0 Å². The average Bonchev–Trinajstić information content (AvgIpc) is 3.02. The van der Waals surface area contributed by atoms with Crippen LogP contribution in [-0.4, -0.2) is 60.4 Å². The van der Waals surface area contributed by atoms with Crippen molar-refractivity contribution in [1.82, 2.24) is 0 Å². The van der Waals surface area contributed by atoms with Crippen molar-refractivity contribution in [3.63, 3.8) is 0 Å². The smallest absolute Gasteiger partial charge is 0.391 e. The predicted molar refractivity (Wildman–Crippen MR) is 110 cm³/mol. The van der Waals surface area contributed by atoms with Gasteiger partial charge in [-0.1, -0.05) is 0 Å². The van der Waals surface area contributed by atoms with E-state index in [0.29, 0.717) is 35.3 Å². The second-order valence-electron chi connectivity index (χ2n) is 8.77. The largest absolute Gasteiger partial charge is 0.490 e. The molecule has 10 heteroatoms. The van der Waals surface area contributed by atoms with Gasteiger partial charge in [0.2, 0.25) is 0 Å². The molecule has 1 aliphatic rings. The van der Waals surface area contributed by atoms with Crippen LogP contribution >= 0.6 is 0 Å². The topological polar surface area (TPSA) is 103 Å². The van der Waals surface area contributed by atoms with E-state index in [-0.39, 0.29) is 24.5 Å². The number of quaternary nitrogens is 1. The number of aryl methyl sites for hydroxylation is 1. The van der Waals surface area contributed by atoms with Crippen molar-refractivity contribution in [1.29, 1.82) is 0 Å². The third kappa shape index (κ3) is 4.61. The van der Waals surface area contributed by atoms with Crippen LogP contribution < -0.4 is 10.5 Å². The summed E-state index contributed by atoms with van der Waals surface area (Å²) >= 11 is 0. The monoisotopic (exact) mass is 457 g/mol. The number of primary amides is 1. The molecular weight excluding hydrogens is 429 g/mol. The van der Waals surface area contributed by atoms with Crippen LogP contribution in [0.4, 0.5) is 13.2 Å². The van der Waals surface area contributed by atoms with Crippen LogP contribution in [0.15, 0.2) is 22.6 Å². The van der Waals surface area contributed by atoms with Gasteiger partial charge in [0, 0.05) is 5.39 Å². The van der Waals surface area contributed by atoms with E-state index in [4.69, 9.17) is 14.9 Å². The molecule has 3 N–H and O–H groups in total. The number of carbonyl (C=O) groups is 2. The summed E-state index contributed by atoms with van der Waals surface area (Å²) in [4.78, 5) is 25.1. The van der Waals surface area contributed by atoms with E-state index >= 15 is 0 Å². The Balaban J connectivity index is 1.86. The number of amides is 2. The lowest BCUT2D eigenvalue weighted by molar-refractivity contribution is -0.825. The zero-order valence-corrected chi connectivity index (χ0v) is 18.2. The maximum atomic E-state index is 13.3. The lowest BCUT2D eigenvalue weighted by Crippen LogP contribution is -2.60. The predicted octanol–water partition coefficient (Wildman–Crippen LogP) is 3.30. The van der Waals surface area contributed by atoms with E-state index in [9.17, 15) is 27.9 Å². The van der Waals surface area contributed by atoms with Gasteiger partial charge in [-0.05, 0) is 50.8 Å². The summed E-state index contributed by atoms with van der Waals surface area (Å²) < 4.78 is 49.8. The number of likely N-dealkylation sites (N-methyl/N-ethyl adjacent to an activating group) is 1. The van der Waals surface area contributed by atoms with Crippen LogP contribution in [0.5, 0.6) is 5.75 Å². The molecule has 3 rings (SSSR count). The van der Waals surface area contributed by atoms with Crippen molar-refractivity contribution in [3.05, 3.63) is 29.5 Å². The number of carbonyl (C=O) groups excluding carboxylic acids is 2. The fourth-order valence-electron chi connectivity index (χ4n) is 4.28. The lowest BCUT2D eigenvalue weighted by atomic mass is 9.87. The maximum Gasteiger partial charge on any atom is 0.391 e. The number of nitrogens with zero attached hydrogens (tertiary/aromatic N) is 1. The highest BCUT2D eigenvalue weighted by Gasteiger charge is 2.43. The van der Waals surface area contributed by atoms with E-state index in [1.165, 1.54) is 14.1 Å². The molecule has 0 bridgehead atoms. The maximum absolute atomic E-state index is 13.3. The first kappa shape index (κ1) is 24.1. The molecule has 7 nitrogen and oxygen atoms in total. The highest BCUT2D eigenvalue weighted by atomic mass is 19.4. The van der Waals surface area contributed by atoms with Gasteiger partial charge in [-0.25, -0.2) is 9.28 Å². The molecule has 1 aromatic carbocycles. The molecule has 1 aromatic heterocycles. The highest BCUT2D eigenvalue weighted by molar-refractivity contribution is 6.05. The van der Waals surface area contributed by atoms with Crippen molar-refractivity contribution in [2.75, 3.05) is 20.7 Å². The first-order valence-electron chi connectivity index (χ1n) is 10.4. The fraction of sp³-hybridized carbons (Fsp3) is 0.545. The lowest BCUT2D eigenvalue weighted by Gasteiger charge is -2.32. The zero-order chi connectivity index (χ0) is 23.8. The quantitative estimate of drug-likeness (QED) is 0.648. The van der Waals surface area contributed by atoms with Crippen molar-refractivity contribution in [2.24, 2.45) is 11.7 Å². The van der Waals surface area contributed by atoms with Crippen LogP contribution in [0.25, 0.3) is 11.0 Å². The van der Waals surface area contributed by atoms with Crippen LogP contribution in [0.3, 0.4) is 0 Å². The number of hydrogen-bond acceptors (Lipinski definition) is 5. The molecular formula is C22H28F3N2O5+. The number of nitrogens with two attached hydrogens (primary N) is 1. The van der Waals surface area contributed by atoms with E-state index in [2.05, 4.69) is 0 Å².